The number of benzene rings is 2. The van der Waals surface area contributed by atoms with E-state index in [-0.39, 0.29) is 21.7 Å². The van der Waals surface area contributed by atoms with E-state index in [2.05, 4.69) is 10.1 Å². The molecular formula is C21H14ClN5O6S. The summed E-state index contributed by atoms with van der Waals surface area (Å²) >= 11 is 5.86. The first kappa shape index (κ1) is 22.9. The van der Waals surface area contributed by atoms with E-state index in [1.54, 1.807) is 18.2 Å². The highest BCUT2D eigenvalue weighted by Crippen LogP contribution is 2.25. The third-order valence-electron chi connectivity index (χ3n) is 4.75. The van der Waals surface area contributed by atoms with Gasteiger partial charge in [0, 0.05) is 29.1 Å². The Bertz CT molecular complexity index is 1620. The number of nitrogens with zero attached hydrogens (tertiary/aromatic N) is 4. The molecule has 0 unspecified atom stereocenters. The number of fused-ring (bicyclic) bond motifs is 1. The standard InChI is InChI=1S/C21H14ClN5O6S/c22-13-8-9-19(23-11-13)26-20(28)17-7-2-1-6-16(17)18(21(26)29)12-24-25-34(32,33)15-5-3-4-14(10-15)27(30)31/h1-12,25,29H/b24-12+. The number of nitrogens with one attached hydrogen (secondary N) is 1. The summed E-state index contributed by atoms with van der Waals surface area (Å²) in [5.41, 5.74) is -0.927. The number of nitro groups is 1. The zero-order valence-electron chi connectivity index (χ0n) is 17.0. The van der Waals surface area contributed by atoms with Crippen molar-refractivity contribution >= 4 is 44.3 Å². The Balaban J connectivity index is 1.79. The van der Waals surface area contributed by atoms with Gasteiger partial charge < -0.3 is 5.11 Å². The van der Waals surface area contributed by atoms with Crippen molar-refractivity contribution in [2.24, 2.45) is 5.10 Å². The summed E-state index contributed by atoms with van der Waals surface area (Å²) in [6, 6.07) is 13.7. The fourth-order valence-corrected chi connectivity index (χ4v) is 4.12. The number of aromatic hydroxyl groups is 1. The number of pyridine rings is 2. The van der Waals surface area contributed by atoms with Crippen molar-refractivity contribution in [1.82, 2.24) is 14.4 Å². The SMILES string of the molecule is O=c1c2ccccc2c(/C=N/NS(=O)(=O)c2cccc([N+](=O)[O-])c2)c(O)n1-c1ccc(Cl)cn1. The van der Waals surface area contributed by atoms with Crippen LogP contribution >= 0.6 is 11.6 Å². The van der Waals surface area contributed by atoms with Gasteiger partial charge in [0.1, 0.15) is 5.82 Å². The zero-order chi connectivity index (χ0) is 24.5. The number of hydrazone groups is 1. The van der Waals surface area contributed by atoms with Gasteiger partial charge >= 0.3 is 0 Å². The van der Waals surface area contributed by atoms with E-state index in [0.717, 1.165) is 22.9 Å². The van der Waals surface area contributed by atoms with Crippen LogP contribution in [0.1, 0.15) is 5.56 Å². The van der Waals surface area contributed by atoms with Crippen molar-refractivity contribution in [3.8, 4) is 11.7 Å². The van der Waals surface area contributed by atoms with Crippen LogP contribution in [0.15, 0.2) is 81.7 Å². The molecule has 0 fully saturated rings. The molecule has 0 saturated carbocycles. The van der Waals surface area contributed by atoms with Crippen molar-refractivity contribution in [3.63, 3.8) is 0 Å². The van der Waals surface area contributed by atoms with E-state index in [1.807, 2.05) is 4.83 Å². The fourth-order valence-electron chi connectivity index (χ4n) is 3.18. The molecule has 2 aromatic carbocycles. The number of rotatable bonds is 6. The van der Waals surface area contributed by atoms with Crippen LogP contribution in [-0.4, -0.2) is 34.2 Å². The van der Waals surface area contributed by atoms with E-state index < -0.39 is 32.1 Å². The van der Waals surface area contributed by atoms with Crippen LogP contribution < -0.4 is 10.4 Å². The Morgan fingerprint density at radius 2 is 1.85 bits per heavy atom. The summed E-state index contributed by atoms with van der Waals surface area (Å²) in [4.78, 5) is 28.9. The second-order valence-corrected chi connectivity index (χ2v) is 8.96. The molecule has 2 heterocycles. The molecule has 0 aliphatic heterocycles. The monoisotopic (exact) mass is 499 g/mol. The zero-order valence-corrected chi connectivity index (χ0v) is 18.6. The highest BCUT2D eigenvalue weighted by atomic mass is 35.5. The van der Waals surface area contributed by atoms with E-state index in [9.17, 15) is 28.4 Å². The Labute approximate surface area is 196 Å². The molecule has 13 heteroatoms. The number of sulfonamides is 1. The molecule has 34 heavy (non-hydrogen) atoms. The van der Waals surface area contributed by atoms with Crippen molar-refractivity contribution in [1.29, 1.82) is 0 Å². The normalized spacial score (nSPS) is 11.7. The summed E-state index contributed by atoms with van der Waals surface area (Å²) in [7, 11) is -4.26. The van der Waals surface area contributed by atoms with Gasteiger partial charge in [0.15, 0.2) is 0 Å². The van der Waals surface area contributed by atoms with Gasteiger partial charge in [-0.05, 0) is 24.3 Å². The van der Waals surface area contributed by atoms with Gasteiger partial charge in [-0.15, -0.1) is 0 Å². The third kappa shape index (κ3) is 4.31. The number of hydrogen-bond acceptors (Lipinski definition) is 8. The van der Waals surface area contributed by atoms with E-state index in [1.165, 1.54) is 36.5 Å². The average molecular weight is 500 g/mol. The molecule has 0 aliphatic carbocycles. The molecule has 0 amide bonds. The Kier molecular flexibility index (Phi) is 6.01. The molecule has 0 radical (unpaired) electrons. The topological polar surface area (TPSA) is 157 Å². The number of hydrogen-bond donors (Lipinski definition) is 2. The first-order chi connectivity index (χ1) is 16.2. The number of halogens is 1. The van der Waals surface area contributed by atoms with Crippen molar-refractivity contribution < 1.29 is 18.4 Å². The lowest BCUT2D eigenvalue weighted by Crippen LogP contribution is -2.22. The van der Waals surface area contributed by atoms with Crippen LogP contribution in [-0.2, 0) is 10.0 Å². The quantitative estimate of drug-likeness (QED) is 0.234. The minimum atomic E-state index is -4.26. The molecule has 172 valence electrons. The summed E-state index contributed by atoms with van der Waals surface area (Å²) in [6.45, 7) is 0. The number of aromatic nitrogens is 2. The van der Waals surface area contributed by atoms with Gasteiger partial charge in [0.05, 0.1) is 26.6 Å². The molecule has 4 aromatic rings. The van der Waals surface area contributed by atoms with Crippen LogP contribution in [0.2, 0.25) is 5.02 Å². The van der Waals surface area contributed by atoms with Gasteiger partial charge in [-0.2, -0.15) is 13.5 Å². The summed E-state index contributed by atoms with van der Waals surface area (Å²) in [5, 5.41) is 26.4. The third-order valence-corrected chi connectivity index (χ3v) is 6.19. The molecular weight excluding hydrogens is 486 g/mol. The molecule has 4 rings (SSSR count). The van der Waals surface area contributed by atoms with Crippen LogP contribution in [0.25, 0.3) is 16.6 Å². The minimum absolute atomic E-state index is 0.0358. The molecule has 11 nitrogen and oxygen atoms in total. The highest BCUT2D eigenvalue weighted by Gasteiger charge is 2.19. The van der Waals surface area contributed by atoms with Gasteiger partial charge in [0.2, 0.25) is 5.88 Å². The van der Waals surface area contributed by atoms with Crippen molar-refractivity contribution in [2.45, 2.75) is 4.90 Å². The number of nitro benzene ring substituents is 1. The molecule has 0 aliphatic rings. The average Bonchev–Trinajstić information content (AvgIpc) is 2.82. The van der Waals surface area contributed by atoms with Gasteiger partial charge in [-0.25, -0.2) is 14.4 Å². The maximum absolute atomic E-state index is 13.0. The lowest BCUT2D eigenvalue weighted by Gasteiger charge is -2.13. The van der Waals surface area contributed by atoms with Gasteiger partial charge in [0.25, 0.3) is 21.3 Å². The Hall–Kier alpha value is -4.29. The first-order valence-electron chi connectivity index (χ1n) is 9.47. The van der Waals surface area contributed by atoms with Crippen molar-refractivity contribution in [2.75, 3.05) is 0 Å². The predicted molar refractivity (Wildman–Crippen MR) is 125 cm³/mol. The van der Waals surface area contributed by atoms with Gasteiger partial charge in [-0.3, -0.25) is 14.9 Å². The van der Waals surface area contributed by atoms with E-state index in [0.29, 0.717) is 10.4 Å². The Morgan fingerprint density at radius 1 is 1.12 bits per heavy atom. The van der Waals surface area contributed by atoms with E-state index >= 15 is 0 Å². The van der Waals surface area contributed by atoms with Crippen LogP contribution in [0.3, 0.4) is 0 Å². The van der Waals surface area contributed by atoms with Crippen LogP contribution in [0.4, 0.5) is 5.69 Å². The second-order valence-electron chi connectivity index (χ2n) is 6.87. The highest BCUT2D eigenvalue weighted by molar-refractivity contribution is 7.89. The van der Waals surface area contributed by atoms with Crippen LogP contribution in [0.5, 0.6) is 5.88 Å². The summed E-state index contributed by atoms with van der Waals surface area (Å²) in [6.07, 6.45) is 2.33. The summed E-state index contributed by atoms with van der Waals surface area (Å²) < 4.78 is 26.0. The molecule has 2 aromatic heterocycles. The molecule has 2 N–H and O–H groups in total. The minimum Gasteiger partial charge on any atom is -0.494 e. The molecule has 0 bridgehead atoms. The molecule has 0 atom stereocenters. The molecule has 0 saturated heterocycles. The van der Waals surface area contributed by atoms with Crippen molar-refractivity contribution in [3.05, 3.63) is 97.9 Å². The predicted octanol–water partition coefficient (Wildman–Crippen LogP) is 2.97. The lowest BCUT2D eigenvalue weighted by atomic mass is 10.1. The fraction of sp³-hybridized carbons (Fsp3) is 0. The largest absolute Gasteiger partial charge is 0.494 e. The van der Waals surface area contributed by atoms with Gasteiger partial charge in [-0.1, -0.05) is 35.9 Å². The Morgan fingerprint density at radius 3 is 2.53 bits per heavy atom. The lowest BCUT2D eigenvalue weighted by molar-refractivity contribution is -0.385. The summed E-state index contributed by atoms with van der Waals surface area (Å²) in [5.74, 6) is -0.443. The maximum Gasteiger partial charge on any atom is 0.276 e. The maximum atomic E-state index is 13.0. The first-order valence-corrected chi connectivity index (χ1v) is 11.3. The van der Waals surface area contributed by atoms with E-state index in [4.69, 9.17) is 11.6 Å². The second kappa shape index (κ2) is 8.92. The van der Waals surface area contributed by atoms with Crippen LogP contribution in [0, 0.1) is 10.1 Å². The molecule has 0 spiro atoms. The smallest absolute Gasteiger partial charge is 0.276 e. The number of non-ortho nitro benzene ring substituents is 1.